The van der Waals surface area contributed by atoms with Gasteiger partial charge in [0.1, 0.15) is 0 Å². The summed E-state index contributed by atoms with van der Waals surface area (Å²) in [5, 5.41) is 3.50. The van der Waals surface area contributed by atoms with Crippen molar-refractivity contribution in [3.8, 4) is 0 Å². The monoisotopic (exact) mass is 375 g/mol. The molecule has 6 nitrogen and oxygen atoms in total. The number of ether oxygens (including phenoxy) is 1. The van der Waals surface area contributed by atoms with Gasteiger partial charge in [-0.3, -0.25) is 4.79 Å². The highest BCUT2D eigenvalue weighted by Gasteiger charge is 2.30. The fraction of sp³-hybridized carbons (Fsp3) is 0.526. The highest BCUT2D eigenvalue weighted by atomic mass is 32.1. The number of thiazole rings is 1. The molecule has 1 heterocycles. The van der Waals surface area contributed by atoms with Crippen LogP contribution in [0.4, 0.5) is 5.13 Å². The number of nitrogen functional groups attached to an aromatic ring is 1. The third-order valence-electron chi connectivity index (χ3n) is 5.33. The summed E-state index contributed by atoms with van der Waals surface area (Å²) >= 11 is 1.31. The Kier molecular flexibility index (Phi) is 5.46. The predicted molar refractivity (Wildman–Crippen MR) is 103 cm³/mol. The van der Waals surface area contributed by atoms with Crippen LogP contribution in [0.15, 0.2) is 18.2 Å². The molecule has 1 aliphatic carbocycles. The number of nitrogens with two attached hydrogens (primary N) is 1. The second-order valence-electron chi connectivity index (χ2n) is 7.16. The first-order chi connectivity index (χ1) is 12.3. The minimum Gasteiger partial charge on any atom is -0.449 e. The van der Waals surface area contributed by atoms with E-state index in [0.29, 0.717) is 22.5 Å². The van der Waals surface area contributed by atoms with Gasteiger partial charge in [0, 0.05) is 6.04 Å². The molecule has 4 atom stereocenters. The maximum Gasteiger partial charge on any atom is 0.338 e. The number of nitrogens with zero attached hydrogens (tertiary/aromatic N) is 1. The number of esters is 1. The molecule has 26 heavy (non-hydrogen) atoms. The van der Waals surface area contributed by atoms with Gasteiger partial charge < -0.3 is 15.8 Å². The molecule has 3 N–H and O–H groups in total. The standard InChI is InChI=1S/C19H25N3O3S/c1-10-5-4-6-14(11(10)2)21-17(23)12(3)25-18(24)13-7-8-15-16(9-13)26-19(20)22-15/h7-12,14H,4-6H2,1-3H3,(H2,20,22)(H,21,23)/t10-,11+,12+,14-/m1/s1. The van der Waals surface area contributed by atoms with Crippen LogP contribution in [0.5, 0.6) is 0 Å². The second-order valence-corrected chi connectivity index (χ2v) is 8.23. The van der Waals surface area contributed by atoms with E-state index in [4.69, 9.17) is 10.5 Å². The molecule has 0 saturated heterocycles. The van der Waals surface area contributed by atoms with Crippen LogP contribution in [-0.2, 0) is 9.53 Å². The third-order valence-corrected chi connectivity index (χ3v) is 6.18. The summed E-state index contributed by atoms with van der Waals surface area (Å²) in [5.74, 6) is 0.249. The van der Waals surface area contributed by atoms with Gasteiger partial charge in [-0.05, 0) is 43.4 Å². The van der Waals surface area contributed by atoms with Crippen molar-refractivity contribution in [3.05, 3.63) is 23.8 Å². The van der Waals surface area contributed by atoms with Crippen molar-refractivity contribution in [2.45, 2.75) is 52.2 Å². The number of hydrogen-bond donors (Lipinski definition) is 2. The van der Waals surface area contributed by atoms with Crippen LogP contribution in [0.1, 0.15) is 50.4 Å². The van der Waals surface area contributed by atoms with E-state index in [0.717, 1.165) is 23.1 Å². The summed E-state index contributed by atoms with van der Waals surface area (Å²) in [6.45, 7) is 5.99. The number of anilines is 1. The fourth-order valence-electron chi connectivity index (χ4n) is 3.44. The highest BCUT2D eigenvalue weighted by Crippen LogP contribution is 2.29. The summed E-state index contributed by atoms with van der Waals surface area (Å²) < 4.78 is 6.18. The highest BCUT2D eigenvalue weighted by molar-refractivity contribution is 7.22. The Morgan fingerprint density at radius 1 is 1.35 bits per heavy atom. The molecule has 3 rings (SSSR count). The van der Waals surface area contributed by atoms with Crippen LogP contribution in [0.3, 0.4) is 0 Å². The average Bonchev–Trinajstić information content (AvgIpc) is 2.97. The molecule has 1 aliphatic rings. The van der Waals surface area contributed by atoms with Crippen LogP contribution in [-0.4, -0.2) is 29.0 Å². The van der Waals surface area contributed by atoms with E-state index in [1.165, 1.54) is 17.8 Å². The van der Waals surface area contributed by atoms with Crippen molar-refractivity contribution in [1.82, 2.24) is 10.3 Å². The Labute approximate surface area is 157 Å². The van der Waals surface area contributed by atoms with Gasteiger partial charge in [-0.15, -0.1) is 0 Å². The van der Waals surface area contributed by atoms with Gasteiger partial charge in [-0.25, -0.2) is 9.78 Å². The van der Waals surface area contributed by atoms with E-state index < -0.39 is 12.1 Å². The number of carbonyl (C=O) groups excluding carboxylic acids is 2. The minimum absolute atomic E-state index is 0.143. The summed E-state index contributed by atoms with van der Waals surface area (Å²) in [6.07, 6.45) is 2.45. The minimum atomic E-state index is -0.839. The molecule has 1 fully saturated rings. The smallest absolute Gasteiger partial charge is 0.338 e. The third kappa shape index (κ3) is 3.98. The lowest BCUT2D eigenvalue weighted by Gasteiger charge is -2.35. The first-order valence-electron chi connectivity index (χ1n) is 9.02. The van der Waals surface area contributed by atoms with E-state index in [9.17, 15) is 9.59 Å². The molecule has 1 amide bonds. The number of aromatic nitrogens is 1. The maximum atomic E-state index is 12.4. The summed E-state index contributed by atoms with van der Waals surface area (Å²) in [6, 6.07) is 5.21. The summed E-state index contributed by atoms with van der Waals surface area (Å²) in [5.41, 5.74) is 6.82. The molecular formula is C19H25N3O3S. The van der Waals surface area contributed by atoms with Crippen molar-refractivity contribution in [1.29, 1.82) is 0 Å². The fourth-order valence-corrected chi connectivity index (χ4v) is 4.21. The molecule has 7 heteroatoms. The topological polar surface area (TPSA) is 94.3 Å². The number of fused-ring (bicyclic) bond motifs is 1. The first kappa shape index (κ1) is 18.6. The molecule has 1 aromatic heterocycles. The number of carbonyl (C=O) groups is 2. The Balaban J connectivity index is 1.61. The molecule has 1 saturated carbocycles. The molecule has 0 aliphatic heterocycles. The second kappa shape index (κ2) is 7.61. The van der Waals surface area contributed by atoms with Crippen molar-refractivity contribution >= 4 is 38.6 Å². The normalized spacial score (nSPS) is 24.2. The van der Waals surface area contributed by atoms with Gasteiger partial charge in [-0.1, -0.05) is 38.0 Å². The lowest BCUT2D eigenvalue weighted by Crippen LogP contribution is -2.47. The van der Waals surface area contributed by atoms with Crippen LogP contribution >= 0.6 is 11.3 Å². The summed E-state index contributed by atoms with van der Waals surface area (Å²) in [7, 11) is 0. The molecule has 0 unspecified atom stereocenters. The van der Waals surface area contributed by atoms with Crippen LogP contribution in [0.2, 0.25) is 0 Å². The first-order valence-corrected chi connectivity index (χ1v) is 9.84. The number of amides is 1. The Bertz CT molecular complexity index is 819. The van der Waals surface area contributed by atoms with E-state index in [1.807, 2.05) is 0 Å². The number of hydrogen-bond acceptors (Lipinski definition) is 6. The van der Waals surface area contributed by atoms with Gasteiger partial charge in [0.25, 0.3) is 5.91 Å². The predicted octanol–water partition coefficient (Wildman–Crippen LogP) is 3.36. The Morgan fingerprint density at radius 3 is 2.88 bits per heavy atom. The zero-order valence-corrected chi connectivity index (χ0v) is 16.1. The van der Waals surface area contributed by atoms with Crippen LogP contribution in [0, 0.1) is 11.8 Å². The zero-order valence-electron chi connectivity index (χ0n) is 15.3. The van der Waals surface area contributed by atoms with E-state index in [-0.39, 0.29) is 11.9 Å². The van der Waals surface area contributed by atoms with Gasteiger partial charge >= 0.3 is 5.97 Å². The lowest BCUT2D eigenvalue weighted by atomic mass is 9.78. The molecule has 2 aromatic rings. The lowest BCUT2D eigenvalue weighted by molar-refractivity contribution is -0.130. The maximum absolute atomic E-state index is 12.4. The number of rotatable bonds is 4. The quantitative estimate of drug-likeness (QED) is 0.799. The summed E-state index contributed by atoms with van der Waals surface area (Å²) in [4.78, 5) is 29.0. The van der Waals surface area contributed by atoms with E-state index in [1.54, 1.807) is 25.1 Å². The van der Waals surface area contributed by atoms with Crippen LogP contribution < -0.4 is 11.1 Å². The van der Waals surface area contributed by atoms with Crippen LogP contribution in [0.25, 0.3) is 10.2 Å². The molecule has 0 bridgehead atoms. The number of benzene rings is 1. The zero-order chi connectivity index (χ0) is 18.8. The van der Waals surface area contributed by atoms with E-state index >= 15 is 0 Å². The van der Waals surface area contributed by atoms with Crippen molar-refractivity contribution < 1.29 is 14.3 Å². The van der Waals surface area contributed by atoms with Crippen molar-refractivity contribution in [2.75, 3.05) is 5.73 Å². The molecule has 0 spiro atoms. The van der Waals surface area contributed by atoms with Gasteiger partial charge in [0.15, 0.2) is 11.2 Å². The average molecular weight is 375 g/mol. The number of nitrogens with one attached hydrogen (secondary N) is 1. The van der Waals surface area contributed by atoms with Gasteiger partial charge in [-0.2, -0.15) is 0 Å². The van der Waals surface area contributed by atoms with Crippen molar-refractivity contribution in [2.24, 2.45) is 11.8 Å². The molecule has 1 aromatic carbocycles. The molecular weight excluding hydrogens is 350 g/mol. The Morgan fingerprint density at radius 2 is 2.12 bits per heavy atom. The van der Waals surface area contributed by atoms with Gasteiger partial charge in [0.05, 0.1) is 15.8 Å². The molecule has 0 radical (unpaired) electrons. The molecule has 140 valence electrons. The SMILES string of the molecule is C[C@H]1[C@H](C)CCC[C@H]1NC(=O)[C@H](C)OC(=O)c1ccc2nc(N)sc2c1. The van der Waals surface area contributed by atoms with E-state index in [2.05, 4.69) is 24.1 Å². The Hall–Kier alpha value is -2.15. The van der Waals surface area contributed by atoms with Gasteiger partial charge in [0.2, 0.25) is 0 Å². The van der Waals surface area contributed by atoms with Crippen molar-refractivity contribution in [3.63, 3.8) is 0 Å². The largest absolute Gasteiger partial charge is 0.449 e.